The Hall–Kier alpha value is -6.49. The van der Waals surface area contributed by atoms with Crippen molar-refractivity contribution in [1.82, 2.24) is 4.98 Å². The molecule has 10 aromatic rings. The summed E-state index contributed by atoms with van der Waals surface area (Å²) in [7, 11) is 0. The van der Waals surface area contributed by atoms with Crippen molar-refractivity contribution in [2.24, 2.45) is 0 Å². The van der Waals surface area contributed by atoms with Crippen molar-refractivity contribution in [2.45, 2.75) is 0 Å². The molecule has 0 atom stereocenters. The number of para-hydroxylation sites is 3. The van der Waals surface area contributed by atoms with Crippen molar-refractivity contribution < 1.29 is 4.42 Å². The lowest BCUT2D eigenvalue weighted by Crippen LogP contribution is -2.11. The summed E-state index contributed by atoms with van der Waals surface area (Å²) in [5.74, 6) is 0.649. The van der Waals surface area contributed by atoms with Crippen LogP contribution in [0.4, 0.5) is 17.1 Å². The number of hydrogen-bond acceptors (Lipinski definition) is 4. The molecule has 0 saturated heterocycles. The van der Waals surface area contributed by atoms with E-state index in [1.807, 2.05) is 24.3 Å². The molecule has 0 fully saturated rings. The fourth-order valence-corrected chi connectivity index (χ4v) is 8.41. The van der Waals surface area contributed by atoms with Gasteiger partial charge in [-0.2, -0.15) is 0 Å². The van der Waals surface area contributed by atoms with Crippen LogP contribution in [0.5, 0.6) is 0 Å². The summed E-state index contributed by atoms with van der Waals surface area (Å²) in [4.78, 5) is 7.24. The molecular weight excluding hydrogens is 641 g/mol. The van der Waals surface area contributed by atoms with Crippen LogP contribution >= 0.6 is 11.3 Å². The highest BCUT2D eigenvalue weighted by molar-refractivity contribution is 7.26. The molecule has 2 heterocycles. The SMILES string of the molecule is c1ccc(-c2ccccc2N(c2ccc(-c3ccc4ccccc4c3)cc2)c2ccc3c(c2)sc2cccc(-c4nc5ccccc5o4)c23)cc1. The van der Waals surface area contributed by atoms with Crippen LogP contribution in [-0.4, -0.2) is 4.98 Å². The number of oxazole rings is 1. The number of nitrogens with zero attached hydrogens (tertiary/aromatic N) is 2. The molecule has 0 aliphatic rings. The third-order valence-corrected chi connectivity index (χ3v) is 10.8. The van der Waals surface area contributed by atoms with E-state index in [-0.39, 0.29) is 0 Å². The zero-order chi connectivity index (χ0) is 33.7. The van der Waals surface area contributed by atoms with Crippen LogP contribution in [0.2, 0.25) is 0 Å². The Bertz CT molecular complexity index is 2840. The van der Waals surface area contributed by atoms with Gasteiger partial charge >= 0.3 is 0 Å². The van der Waals surface area contributed by atoms with Crippen LogP contribution < -0.4 is 4.90 Å². The van der Waals surface area contributed by atoms with Crippen LogP contribution in [0.25, 0.3) is 75.8 Å². The molecule has 240 valence electrons. The summed E-state index contributed by atoms with van der Waals surface area (Å²) in [5, 5.41) is 4.86. The number of aromatic nitrogens is 1. The van der Waals surface area contributed by atoms with Crippen molar-refractivity contribution in [3.05, 3.63) is 182 Å². The van der Waals surface area contributed by atoms with Crippen LogP contribution in [0.15, 0.2) is 186 Å². The summed E-state index contributed by atoms with van der Waals surface area (Å²) in [6.07, 6.45) is 0. The molecule has 0 aliphatic heterocycles. The van der Waals surface area contributed by atoms with Gasteiger partial charge in [-0.1, -0.05) is 121 Å². The zero-order valence-corrected chi connectivity index (χ0v) is 28.3. The summed E-state index contributed by atoms with van der Waals surface area (Å²) < 4.78 is 8.68. The Labute approximate surface area is 299 Å². The second-order valence-electron chi connectivity index (χ2n) is 12.8. The van der Waals surface area contributed by atoms with Crippen LogP contribution in [0.3, 0.4) is 0 Å². The van der Waals surface area contributed by atoms with Crippen LogP contribution in [0.1, 0.15) is 0 Å². The van der Waals surface area contributed by atoms with E-state index in [0.717, 1.165) is 33.7 Å². The summed E-state index contributed by atoms with van der Waals surface area (Å²) in [5.41, 5.74) is 10.7. The first-order chi connectivity index (χ1) is 25.3. The van der Waals surface area contributed by atoms with Crippen LogP contribution in [-0.2, 0) is 0 Å². The van der Waals surface area contributed by atoms with Gasteiger partial charge in [0, 0.05) is 42.7 Å². The molecule has 4 heteroatoms. The van der Waals surface area contributed by atoms with Crippen molar-refractivity contribution in [3.8, 4) is 33.7 Å². The predicted octanol–water partition coefficient (Wildman–Crippen LogP) is 13.8. The van der Waals surface area contributed by atoms with Crippen molar-refractivity contribution >= 4 is 70.4 Å². The number of anilines is 3. The third kappa shape index (κ3) is 5.16. The molecule has 0 aliphatic carbocycles. The smallest absolute Gasteiger partial charge is 0.227 e. The van der Waals surface area contributed by atoms with E-state index < -0.39 is 0 Å². The van der Waals surface area contributed by atoms with Gasteiger partial charge in [0.15, 0.2) is 5.58 Å². The number of benzene rings is 8. The van der Waals surface area contributed by atoms with Crippen molar-refractivity contribution in [2.75, 3.05) is 4.90 Å². The maximum absolute atomic E-state index is 6.26. The Morgan fingerprint density at radius 1 is 0.471 bits per heavy atom. The minimum absolute atomic E-state index is 0.649. The Balaban J connectivity index is 1.13. The second kappa shape index (κ2) is 12.1. The van der Waals surface area contributed by atoms with Crippen LogP contribution in [0, 0.1) is 0 Å². The van der Waals surface area contributed by atoms with Gasteiger partial charge in [-0.05, 0) is 88.1 Å². The molecule has 51 heavy (non-hydrogen) atoms. The van der Waals surface area contributed by atoms with Crippen molar-refractivity contribution in [3.63, 3.8) is 0 Å². The van der Waals surface area contributed by atoms with E-state index in [9.17, 15) is 0 Å². The topological polar surface area (TPSA) is 29.3 Å². The van der Waals surface area contributed by atoms with Gasteiger partial charge in [-0.15, -0.1) is 11.3 Å². The molecule has 0 N–H and O–H groups in total. The molecule has 0 unspecified atom stereocenters. The minimum atomic E-state index is 0.649. The first-order valence-corrected chi connectivity index (χ1v) is 17.9. The number of thiophene rings is 1. The number of rotatable bonds is 6. The Morgan fingerprint density at radius 2 is 1.20 bits per heavy atom. The molecule has 0 saturated carbocycles. The van der Waals surface area contributed by atoms with Gasteiger partial charge in [0.05, 0.1) is 5.69 Å². The summed E-state index contributed by atoms with van der Waals surface area (Å²) in [6.45, 7) is 0. The van der Waals surface area contributed by atoms with Gasteiger partial charge in [-0.3, -0.25) is 0 Å². The normalized spacial score (nSPS) is 11.5. The highest BCUT2D eigenvalue weighted by Crippen LogP contribution is 2.46. The third-order valence-electron chi connectivity index (χ3n) is 9.70. The molecule has 0 radical (unpaired) electrons. The lowest BCUT2D eigenvalue weighted by Gasteiger charge is -2.28. The maximum atomic E-state index is 6.26. The number of fused-ring (bicyclic) bond motifs is 5. The van der Waals surface area contributed by atoms with E-state index in [2.05, 4.69) is 163 Å². The highest BCUT2D eigenvalue weighted by Gasteiger charge is 2.20. The van der Waals surface area contributed by atoms with E-state index in [1.54, 1.807) is 11.3 Å². The quantitative estimate of drug-likeness (QED) is 0.176. The average molecular weight is 671 g/mol. The molecule has 0 bridgehead atoms. The summed E-state index contributed by atoms with van der Waals surface area (Å²) >= 11 is 1.80. The highest BCUT2D eigenvalue weighted by atomic mass is 32.1. The average Bonchev–Trinajstić information content (AvgIpc) is 3.80. The first kappa shape index (κ1) is 29.4. The molecule has 0 amide bonds. The minimum Gasteiger partial charge on any atom is -0.436 e. The first-order valence-electron chi connectivity index (χ1n) is 17.1. The molecule has 8 aromatic carbocycles. The second-order valence-corrected chi connectivity index (χ2v) is 13.9. The van der Waals surface area contributed by atoms with E-state index in [1.165, 1.54) is 53.2 Å². The van der Waals surface area contributed by atoms with Gasteiger partial charge in [0.2, 0.25) is 5.89 Å². The van der Waals surface area contributed by atoms with Crippen molar-refractivity contribution in [1.29, 1.82) is 0 Å². The molecule has 2 aromatic heterocycles. The zero-order valence-electron chi connectivity index (χ0n) is 27.5. The van der Waals surface area contributed by atoms with E-state index in [4.69, 9.17) is 9.40 Å². The standard InChI is InChI=1S/C47H30N2OS/c1-2-12-33(13-3-1)38-15-6-8-18-42(38)49(36-25-23-32(24-26-36)35-22-21-31-11-4-5-14-34(31)29-35)37-27-28-39-45(30-37)51-44-20-10-16-40(46(39)44)47-48-41-17-7-9-19-43(41)50-47/h1-30H. The van der Waals surface area contributed by atoms with E-state index in [0.29, 0.717) is 5.89 Å². The van der Waals surface area contributed by atoms with Gasteiger partial charge < -0.3 is 9.32 Å². The maximum Gasteiger partial charge on any atom is 0.227 e. The van der Waals surface area contributed by atoms with Gasteiger partial charge in [0.25, 0.3) is 0 Å². The number of hydrogen-bond donors (Lipinski definition) is 0. The molecule has 3 nitrogen and oxygen atoms in total. The Kier molecular flexibility index (Phi) is 7.00. The fourth-order valence-electron chi connectivity index (χ4n) is 7.25. The predicted molar refractivity (Wildman–Crippen MR) is 215 cm³/mol. The monoisotopic (exact) mass is 670 g/mol. The van der Waals surface area contributed by atoms with Gasteiger partial charge in [0.1, 0.15) is 5.52 Å². The molecular formula is C47H30N2OS. The summed E-state index contributed by atoms with van der Waals surface area (Å²) in [6, 6.07) is 64.7. The Morgan fingerprint density at radius 3 is 2.08 bits per heavy atom. The van der Waals surface area contributed by atoms with E-state index >= 15 is 0 Å². The molecule has 0 spiro atoms. The fraction of sp³-hybridized carbons (Fsp3) is 0. The lowest BCUT2D eigenvalue weighted by molar-refractivity contribution is 0.620. The molecule has 10 rings (SSSR count). The van der Waals surface area contributed by atoms with Gasteiger partial charge in [-0.25, -0.2) is 4.98 Å². The lowest BCUT2D eigenvalue weighted by atomic mass is 9.99. The largest absolute Gasteiger partial charge is 0.436 e.